The molecular formula is C17H34N2. The molecule has 0 aromatic heterocycles. The van der Waals surface area contributed by atoms with Gasteiger partial charge in [0.15, 0.2) is 0 Å². The van der Waals surface area contributed by atoms with Crippen molar-refractivity contribution in [1.82, 2.24) is 10.2 Å². The first-order chi connectivity index (χ1) is 9.33. The lowest BCUT2D eigenvalue weighted by Gasteiger charge is -2.41. The lowest BCUT2D eigenvalue weighted by atomic mass is 9.75. The third-order valence-electron chi connectivity index (χ3n) is 5.39. The highest BCUT2D eigenvalue weighted by molar-refractivity contribution is 4.83. The molecule has 1 N–H and O–H groups in total. The van der Waals surface area contributed by atoms with Crippen molar-refractivity contribution in [3.8, 4) is 0 Å². The molecule has 2 fully saturated rings. The maximum Gasteiger partial charge on any atom is 0.00647 e. The molecule has 0 radical (unpaired) electrons. The molecule has 1 aliphatic heterocycles. The van der Waals surface area contributed by atoms with E-state index in [4.69, 9.17) is 0 Å². The van der Waals surface area contributed by atoms with E-state index in [1.54, 1.807) is 0 Å². The Morgan fingerprint density at radius 2 is 1.89 bits per heavy atom. The maximum absolute atomic E-state index is 3.60. The van der Waals surface area contributed by atoms with Crippen molar-refractivity contribution in [3.05, 3.63) is 0 Å². The molecule has 0 aromatic carbocycles. The predicted octanol–water partition coefficient (Wildman–Crippen LogP) is 3.67. The van der Waals surface area contributed by atoms with Crippen LogP contribution in [0.25, 0.3) is 0 Å². The van der Waals surface area contributed by atoms with Gasteiger partial charge in [0.25, 0.3) is 0 Å². The summed E-state index contributed by atoms with van der Waals surface area (Å²) in [6.07, 6.45) is 11.5. The molecule has 2 nitrogen and oxygen atoms in total. The highest BCUT2D eigenvalue weighted by Gasteiger charge is 2.30. The van der Waals surface area contributed by atoms with Crippen LogP contribution >= 0.6 is 0 Å². The number of rotatable bonds is 7. The van der Waals surface area contributed by atoms with Gasteiger partial charge in [-0.25, -0.2) is 0 Å². The summed E-state index contributed by atoms with van der Waals surface area (Å²) in [5.41, 5.74) is 0. The molecule has 0 spiro atoms. The summed E-state index contributed by atoms with van der Waals surface area (Å²) < 4.78 is 0. The first-order valence-corrected chi connectivity index (χ1v) is 8.79. The van der Waals surface area contributed by atoms with Crippen LogP contribution in [0.4, 0.5) is 0 Å². The summed E-state index contributed by atoms with van der Waals surface area (Å²) in [5, 5.41) is 3.60. The summed E-state index contributed by atoms with van der Waals surface area (Å²) in [6, 6.07) is 0.747. The lowest BCUT2D eigenvalue weighted by molar-refractivity contribution is 0.0851. The average Bonchev–Trinajstić information content (AvgIpc) is 2.46. The van der Waals surface area contributed by atoms with Gasteiger partial charge in [0, 0.05) is 12.6 Å². The van der Waals surface area contributed by atoms with Gasteiger partial charge in [-0.1, -0.05) is 33.1 Å². The third-order valence-corrected chi connectivity index (χ3v) is 5.39. The largest absolute Gasteiger partial charge is 0.314 e. The molecule has 0 bridgehead atoms. The zero-order chi connectivity index (χ0) is 13.5. The monoisotopic (exact) mass is 266 g/mol. The second-order valence-corrected chi connectivity index (χ2v) is 6.70. The van der Waals surface area contributed by atoms with Gasteiger partial charge in [0.2, 0.25) is 0 Å². The zero-order valence-corrected chi connectivity index (χ0v) is 13.2. The van der Waals surface area contributed by atoms with Gasteiger partial charge >= 0.3 is 0 Å². The highest BCUT2D eigenvalue weighted by atomic mass is 15.1. The Bertz CT molecular complexity index is 241. The lowest BCUT2D eigenvalue weighted by Crippen LogP contribution is -2.42. The van der Waals surface area contributed by atoms with Gasteiger partial charge in [-0.3, -0.25) is 0 Å². The summed E-state index contributed by atoms with van der Waals surface area (Å²) in [7, 11) is 0. The Labute approximate surface area is 120 Å². The molecule has 2 heteroatoms. The number of nitrogens with one attached hydrogen (secondary N) is 1. The number of likely N-dealkylation sites (tertiary alicyclic amines) is 1. The highest BCUT2D eigenvalue weighted by Crippen LogP contribution is 2.35. The van der Waals surface area contributed by atoms with Crippen LogP contribution in [0, 0.1) is 11.8 Å². The number of piperidine rings is 1. The molecule has 3 atom stereocenters. The summed E-state index contributed by atoms with van der Waals surface area (Å²) in [4.78, 5) is 2.76. The second-order valence-electron chi connectivity index (χ2n) is 6.70. The topological polar surface area (TPSA) is 15.3 Å². The van der Waals surface area contributed by atoms with E-state index in [2.05, 4.69) is 24.1 Å². The molecule has 2 rings (SSSR count). The van der Waals surface area contributed by atoms with Crippen LogP contribution in [-0.2, 0) is 0 Å². The van der Waals surface area contributed by atoms with Crippen LogP contribution in [0.5, 0.6) is 0 Å². The van der Waals surface area contributed by atoms with Crippen LogP contribution in [0.2, 0.25) is 0 Å². The fourth-order valence-corrected chi connectivity index (χ4v) is 4.18. The van der Waals surface area contributed by atoms with Crippen molar-refractivity contribution in [2.24, 2.45) is 11.8 Å². The zero-order valence-electron chi connectivity index (χ0n) is 13.2. The van der Waals surface area contributed by atoms with Crippen molar-refractivity contribution in [1.29, 1.82) is 0 Å². The van der Waals surface area contributed by atoms with Gasteiger partial charge in [-0.05, 0) is 63.6 Å². The van der Waals surface area contributed by atoms with E-state index in [1.165, 1.54) is 71.0 Å². The molecule has 19 heavy (non-hydrogen) atoms. The fourth-order valence-electron chi connectivity index (χ4n) is 4.18. The van der Waals surface area contributed by atoms with Gasteiger partial charge in [-0.15, -0.1) is 0 Å². The minimum Gasteiger partial charge on any atom is -0.314 e. The predicted molar refractivity (Wildman–Crippen MR) is 83.5 cm³/mol. The summed E-state index contributed by atoms with van der Waals surface area (Å²) >= 11 is 0. The Kier molecular flexibility index (Phi) is 6.66. The molecule has 2 aliphatic rings. The molecule has 1 aliphatic carbocycles. The van der Waals surface area contributed by atoms with E-state index < -0.39 is 0 Å². The number of hydrogen-bond acceptors (Lipinski definition) is 2. The van der Waals surface area contributed by atoms with E-state index >= 15 is 0 Å². The Morgan fingerprint density at radius 3 is 2.63 bits per heavy atom. The van der Waals surface area contributed by atoms with E-state index in [-0.39, 0.29) is 0 Å². The molecule has 112 valence electrons. The number of fused-ring (bicyclic) bond motifs is 1. The normalized spacial score (nSPS) is 30.0. The second kappa shape index (κ2) is 8.26. The molecule has 3 unspecified atom stereocenters. The Hall–Kier alpha value is -0.0800. The minimum atomic E-state index is 0.747. The van der Waals surface area contributed by atoms with Crippen molar-refractivity contribution in [2.45, 2.75) is 71.3 Å². The van der Waals surface area contributed by atoms with Gasteiger partial charge in [-0.2, -0.15) is 0 Å². The van der Waals surface area contributed by atoms with Crippen molar-refractivity contribution >= 4 is 0 Å². The van der Waals surface area contributed by atoms with Crippen LogP contribution < -0.4 is 5.32 Å². The first kappa shape index (κ1) is 15.3. The standard InChI is InChI=1S/C17H34N2/c1-3-17(18-4-2)10-7-12-19-13-11-15-8-5-6-9-16(15)14-19/h15-18H,3-14H2,1-2H3. The maximum atomic E-state index is 3.60. The van der Waals surface area contributed by atoms with Crippen LogP contribution in [0.1, 0.15) is 65.2 Å². The average molecular weight is 266 g/mol. The Morgan fingerprint density at radius 1 is 1.11 bits per heavy atom. The van der Waals surface area contributed by atoms with E-state index in [9.17, 15) is 0 Å². The van der Waals surface area contributed by atoms with Crippen LogP contribution in [-0.4, -0.2) is 37.1 Å². The van der Waals surface area contributed by atoms with E-state index in [0.29, 0.717) is 0 Å². The summed E-state index contributed by atoms with van der Waals surface area (Å²) in [5.74, 6) is 2.12. The van der Waals surface area contributed by atoms with E-state index in [1.807, 2.05) is 0 Å². The van der Waals surface area contributed by atoms with Crippen molar-refractivity contribution < 1.29 is 0 Å². The quantitative estimate of drug-likeness (QED) is 0.756. The molecular weight excluding hydrogens is 232 g/mol. The molecule has 0 aromatic rings. The smallest absolute Gasteiger partial charge is 0.00647 e. The third kappa shape index (κ3) is 4.75. The molecule has 1 saturated heterocycles. The van der Waals surface area contributed by atoms with Crippen LogP contribution in [0.3, 0.4) is 0 Å². The van der Waals surface area contributed by atoms with Gasteiger partial charge in [0.1, 0.15) is 0 Å². The first-order valence-electron chi connectivity index (χ1n) is 8.79. The minimum absolute atomic E-state index is 0.747. The molecule has 1 saturated carbocycles. The SMILES string of the molecule is CCNC(CC)CCCN1CCC2CCCCC2C1. The summed E-state index contributed by atoms with van der Waals surface area (Å²) in [6.45, 7) is 9.76. The van der Waals surface area contributed by atoms with Crippen molar-refractivity contribution in [2.75, 3.05) is 26.2 Å². The van der Waals surface area contributed by atoms with Gasteiger partial charge < -0.3 is 10.2 Å². The Balaban J connectivity index is 1.63. The van der Waals surface area contributed by atoms with E-state index in [0.717, 1.165) is 24.4 Å². The molecule has 1 heterocycles. The fraction of sp³-hybridized carbons (Fsp3) is 1.00. The van der Waals surface area contributed by atoms with Crippen LogP contribution in [0.15, 0.2) is 0 Å². The number of nitrogens with zero attached hydrogens (tertiary/aromatic N) is 1. The number of hydrogen-bond donors (Lipinski definition) is 1. The van der Waals surface area contributed by atoms with Crippen molar-refractivity contribution in [3.63, 3.8) is 0 Å². The van der Waals surface area contributed by atoms with Gasteiger partial charge in [0.05, 0.1) is 0 Å². The molecule has 0 amide bonds.